The van der Waals surface area contributed by atoms with Crippen LogP contribution in [0.1, 0.15) is 52.5 Å². The van der Waals surface area contributed by atoms with Crippen molar-refractivity contribution >= 4 is 20.7 Å². The number of ether oxygens (including phenoxy) is 2. The summed E-state index contributed by atoms with van der Waals surface area (Å²) >= 11 is 0. The van der Waals surface area contributed by atoms with Crippen LogP contribution in [0.2, 0.25) is 5.54 Å². The summed E-state index contributed by atoms with van der Waals surface area (Å²) in [6, 6.07) is 7.82. The molecule has 0 aliphatic heterocycles. The van der Waals surface area contributed by atoms with Gasteiger partial charge in [0.15, 0.2) is 9.52 Å². The maximum Gasteiger partial charge on any atom is 0.265 e. The van der Waals surface area contributed by atoms with Crippen molar-refractivity contribution in [3.63, 3.8) is 0 Å². The second-order valence-electron chi connectivity index (χ2n) is 10.2. The molecule has 0 aliphatic rings. The highest BCUT2D eigenvalue weighted by molar-refractivity contribution is 6.74. The van der Waals surface area contributed by atoms with Crippen LogP contribution in [0.25, 0.3) is 5.57 Å². The maximum absolute atomic E-state index is 12.3. The second kappa shape index (κ2) is 11.7. The molecule has 0 heterocycles. The van der Waals surface area contributed by atoms with Crippen LogP contribution in [0.5, 0.6) is 5.75 Å². The Morgan fingerprint density at radius 2 is 1.73 bits per heavy atom. The molecular weight excluding hydrogens is 392 g/mol. The lowest BCUT2D eigenvalue weighted by Gasteiger charge is -2.25. The van der Waals surface area contributed by atoms with Crippen LogP contribution in [0.15, 0.2) is 30.8 Å². The molecule has 2 atom stereocenters. The van der Waals surface area contributed by atoms with Crippen LogP contribution >= 0.6 is 0 Å². The van der Waals surface area contributed by atoms with Gasteiger partial charge in [0.1, 0.15) is 11.4 Å². The monoisotopic (exact) mass is 435 g/mol. The topological polar surface area (TPSA) is 61.5 Å². The van der Waals surface area contributed by atoms with E-state index in [1.54, 1.807) is 0 Å². The number of hydrogen-bond acceptors (Lipinski definition) is 4. The average Bonchev–Trinajstić information content (AvgIpc) is 2.60. The predicted molar refractivity (Wildman–Crippen MR) is 130 cm³/mol. The normalized spacial score (nSPS) is 14.5. The van der Waals surface area contributed by atoms with Gasteiger partial charge in [-0.2, -0.15) is 0 Å². The first kappa shape index (κ1) is 26.4. The first-order chi connectivity index (χ1) is 13.8. The lowest BCUT2D eigenvalue weighted by molar-refractivity contribution is -0.870. The molecule has 1 aromatic rings. The van der Waals surface area contributed by atoms with Gasteiger partial charge in [-0.3, -0.25) is 4.79 Å². The molecule has 0 aromatic heterocycles. The Kier molecular flexibility index (Phi) is 10.3. The number of unbranched alkanes of at least 4 members (excludes halogenated alkanes) is 2. The van der Waals surface area contributed by atoms with Gasteiger partial charge in [0, 0.05) is 6.04 Å². The fraction of sp³-hybridized carbons (Fsp3) is 0.625. The highest BCUT2D eigenvalue weighted by Crippen LogP contribution is 2.30. The van der Waals surface area contributed by atoms with Gasteiger partial charge in [-0.1, -0.05) is 18.7 Å². The lowest BCUT2D eigenvalue weighted by Crippen LogP contribution is -2.35. The highest BCUT2D eigenvalue weighted by Gasteiger charge is 2.26. The van der Waals surface area contributed by atoms with Crippen LogP contribution in [0.3, 0.4) is 0 Å². The second-order valence-corrected chi connectivity index (χ2v) is 12.1. The van der Waals surface area contributed by atoms with E-state index in [0.29, 0.717) is 0 Å². The van der Waals surface area contributed by atoms with Crippen LogP contribution in [0.4, 0.5) is 4.79 Å². The number of quaternary nitrogens is 1. The summed E-state index contributed by atoms with van der Waals surface area (Å²) in [7, 11) is 5.43. The summed E-state index contributed by atoms with van der Waals surface area (Å²) < 4.78 is 12.4. The first-order valence-electron chi connectivity index (χ1n) is 11.0. The quantitative estimate of drug-likeness (QED) is 0.304. The molecule has 0 saturated carbocycles. The third-order valence-electron chi connectivity index (χ3n) is 4.86. The average molecular weight is 436 g/mol. The van der Waals surface area contributed by atoms with Gasteiger partial charge in [-0.25, -0.2) is 0 Å². The SMILES string of the molecule is C=C(c1ccc(OCCCCC[N+](C)(C)C)cc1)[C@@H]([SiH2]C(=O)OC(C)(C)C)C(C)N. The lowest BCUT2D eigenvalue weighted by atomic mass is 10.0. The molecule has 0 saturated heterocycles. The predicted octanol–water partition coefficient (Wildman–Crippen LogP) is 4.19. The molecule has 0 aliphatic carbocycles. The van der Waals surface area contributed by atoms with Crippen molar-refractivity contribution in [3.05, 3.63) is 36.4 Å². The molecule has 6 heteroatoms. The van der Waals surface area contributed by atoms with E-state index in [4.69, 9.17) is 15.2 Å². The number of carbonyl (C=O) groups is 1. The molecule has 170 valence electrons. The molecule has 0 bridgehead atoms. The van der Waals surface area contributed by atoms with Gasteiger partial charge in [-0.05, 0) is 75.8 Å². The van der Waals surface area contributed by atoms with Crippen LogP contribution in [0, 0.1) is 0 Å². The zero-order chi connectivity index (χ0) is 22.9. The highest BCUT2D eigenvalue weighted by atomic mass is 28.2. The van der Waals surface area contributed by atoms with Crippen molar-refractivity contribution in [2.75, 3.05) is 34.3 Å². The molecule has 1 unspecified atom stereocenters. The number of nitrogens with two attached hydrogens (primary N) is 1. The molecule has 0 amide bonds. The Hall–Kier alpha value is -1.63. The Morgan fingerprint density at radius 1 is 1.13 bits per heavy atom. The van der Waals surface area contributed by atoms with E-state index in [2.05, 4.69) is 27.7 Å². The van der Waals surface area contributed by atoms with Crippen LogP contribution in [-0.2, 0) is 4.74 Å². The summed E-state index contributed by atoms with van der Waals surface area (Å²) in [5.41, 5.74) is 7.48. The van der Waals surface area contributed by atoms with Gasteiger partial charge in [0.05, 0.1) is 34.3 Å². The summed E-state index contributed by atoms with van der Waals surface area (Å²) in [6.45, 7) is 13.8. The van der Waals surface area contributed by atoms with E-state index in [-0.39, 0.29) is 17.2 Å². The van der Waals surface area contributed by atoms with E-state index in [9.17, 15) is 4.79 Å². The van der Waals surface area contributed by atoms with E-state index in [0.717, 1.165) is 34.4 Å². The zero-order valence-corrected chi connectivity index (χ0v) is 21.6. The zero-order valence-electron chi connectivity index (χ0n) is 20.2. The molecule has 1 aromatic carbocycles. The minimum absolute atomic E-state index is 0.0344. The smallest absolute Gasteiger partial charge is 0.265 e. The third-order valence-corrected chi connectivity index (χ3v) is 7.01. The molecular formula is C24H43N2O3Si+. The van der Waals surface area contributed by atoms with Gasteiger partial charge in [0.2, 0.25) is 0 Å². The fourth-order valence-electron chi connectivity index (χ4n) is 3.22. The Bertz CT molecular complexity index is 673. The summed E-state index contributed by atoms with van der Waals surface area (Å²) in [5.74, 6) is 0.861. The fourth-order valence-corrected chi connectivity index (χ4v) is 4.95. The van der Waals surface area contributed by atoms with Crippen molar-refractivity contribution in [2.24, 2.45) is 5.73 Å². The molecule has 5 nitrogen and oxygen atoms in total. The van der Waals surface area contributed by atoms with Crippen molar-refractivity contribution in [1.29, 1.82) is 0 Å². The molecule has 2 N–H and O–H groups in total. The third kappa shape index (κ3) is 10.9. The van der Waals surface area contributed by atoms with E-state index in [1.807, 2.05) is 52.0 Å². The minimum atomic E-state index is -1.23. The number of rotatable bonds is 12. The van der Waals surface area contributed by atoms with Crippen LogP contribution < -0.4 is 10.5 Å². The van der Waals surface area contributed by atoms with Gasteiger partial charge >= 0.3 is 0 Å². The van der Waals surface area contributed by atoms with Crippen molar-refractivity contribution in [1.82, 2.24) is 0 Å². The number of benzene rings is 1. The summed E-state index contributed by atoms with van der Waals surface area (Å²) in [5, 5.41) is 0. The first-order valence-corrected chi connectivity index (χ1v) is 12.5. The molecule has 0 fully saturated rings. The van der Waals surface area contributed by atoms with E-state index < -0.39 is 15.1 Å². The summed E-state index contributed by atoms with van der Waals surface area (Å²) in [6.07, 6.45) is 3.45. The van der Waals surface area contributed by atoms with Gasteiger partial charge in [-0.15, -0.1) is 0 Å². The van der Waals surface area contributed by atoms with Crippen molar-refractivity contribution in [2.45, 2.75) is 64.1 Å². The maximum atomic E-state index is 12.3. The minimum Gasteiger partial charge on any atom is -0.494 e. The Labute approximate surface area is 186 Å². The molecule has 1 rings (SSSR count). The Balaban J connectivity index is 2.56. The summed E-state index contributed by atoms with van der Waals surface area (Å²) in [4.78, 5) is 12.3. The van der Waals surface area contributed by atoms with Gasteiger partial charge < -0.3 is 19.7 Å². The standard InChI is InChI=1S/C24H43N2O3Si/c1-18(22(19(2)25)30-23(27)29-24(3,4)5)20-12-14-21(15-13-20)28-17-11-9-10-16-26(6,7)8/h12-15,19,22H,1,9-11,16-17,25,30H2,2-8H3/q+1/t19?,22-/m1/s1. The Morgan fingerprint density at radius 3 is 2.23 bits per heavy atom. The molecule has 0 radical (unpaired) electrons. The van der Waals surface area contributed by atoms with E-state index in [1.165, 1.54) is 19.4 Å². The van der Waals surface area contributed by atoms with Crippen LogP contribution in [-0.4, -0.2) is 65.5 Å². The molecule has 0 spiro atoms. The largest absolute Gasteiger partial charge is 0.494 e. The number of nitrogens with zero attached hydrogens (tertiary/aromatic N) is 1. The van der Waals surface area contributed by atoms with Gasteiger partial charge in [0.25, 0.3) is 5.59 Å². The van der Waals surface area contributed by atoms with Crippen molar-refractivity contribution < 1.29 is 18.8 Å². The molecule has 30 heavy (non-hydrogen) atoms. The van der Waals surface area contributed by atoms with E-state index >= 15 is 0 Å². The number of carbonyl (C=O) groups excluding carboxylic acids is 1. The van der Waals surface area contributed by atoms with Crippen molar-refractivity contribution in [3.8, 4) is 5.75 Å². The number of hydrogen-bond donors (Lipinski definition) is 1.